The zero-order chi connectivity index (χ0) is 13.4. The predicted molar refractivity (Wildman–Crippen MR) is 78.8 cm³/mol. The summed E-state index contributed by atoms with van der Waals surface area (Å²) in [4.78, 5) is 10.4. The van der Waals surface area contributed by atoms with Gasteiger partial charge >= 0.3 is 0 Å². The van der Waals surface area contributed by atoms with E-state index >= 15 is 0 Å². The summed E-state index contributed by atoms with van der Waals surface area (Å²) < 4.78 is 2.08. The first-order valence-corrected chi connectivity index (χ1v) is 7.09. The van der Waals surface area contributed by atoms with Crippen LogP contribution in [0.15, 0.2) is 42.7 Å². The van der Waals surface area contributed by atoms with Gasteiger partial charge in [0.1, 0.15) is 0 Å². The van der Waals surface area contributed by atoms with Crippen molar-refractivity contribution in [1.29, 1.82) is 0 Å². The van der Waals surface area contributed by atoms with Gasteiger partial charge in [0.25, 0.3) is 0 Å². The molecule has 0 atom stereocenters. The van der Waals surface area contributed by atoms with Crippen LogP contribution in [-0.4, -0.2) is 32.8 Å². The van der Waals surface area contributed by atoms with Crippen LogP contribution in [0, 0.1) is 0 Å². The molecule has 2 aromatic heterocycles. The molecule has 1 aliphatic heterocycles. The van der Waals surface area contributed by atoms with Crippen LogP contribution >= 0.6 is 0 Å². The van der Waals surface area contributed by atoms with Gasteiger partial charge in [0.05, 0.1) is 17.1 Å². The Morgan fingerprint density at radius 1 is 1.10 bits per heavy atom. The van der Waals surface area contributed by atoms with Gasteiger partial charge in [-0.3, -0.25) is 4.68 Å². The van der Waals surface area contributed by atoms with Crippen molar-refractivity contribution in [2.45, 2.75) is 18.9 Å². The number of hydrogen-bond donors (Lipinski definition) is 1. The van der Waals surface area contributed by atoms with Crippen LogP contribution in [0.3, 0.4) is 0 Å². The highest BCUT2D eigenvalue weighted by molar-refractivity contribution is 5.77. The van der Waals surface area contributed by atoms with Gasteiger partial charge in [-0.25, -0.2) is 4.98 Å². The molecule has 0 spiro atoms. The fraction of sp³-hybridized carbons (Fsp3) is 0.333. The molecule has 4 rings (SSSR count). The second-order valence-electron chi connectivity index (χ2n) is 5.28. The summed E-state index contributed by atoms with van der Waals surface area (Å²) in [6.45, 7) is 2.04. The molecule has 1 N–H and O–H groups in total. The molecule has 1 aromatic carbocycles. The van der Waals surface area contributed by atoms with Crippen molar-refractivity contribution in [3.8, 4) is 0 Å². The Hall–Kier alpha value is -2.30. The normalized spacial score (nSPS) is 16.9. The molecular weight excluding hydrogens is 250 g/mol. The number of H-pyrrole nitrogens is 1. The highest BCUT2D eigenvalue weighted by Crippen LogP contribution is 2.25. The van der Waals surface area contributed by atoms with Crippen LogP contribution in [0.5, 0.6) is 0 Å². The number of benzene rings is 1. The maximum atomic E-state index is 4.67. The van der Waals surface area contributed by atoms with E-state index in [9.17, 15) is 0 Å². The number of fused-ring (bicyclic) bond motifs is 1. The molecule has 1 aliphatic rings. The van der Waals surface area contributed by atoms with Gasteiger partial charge in [-0.05, 0) is 31.0 Å². The molecule has 5 heteroatoms. The minimum atomic E-state index is 0.519. The quantitative estimate of drug-likeness (QED) is 0.776. The van der Waals surface area contributed by atoms with Crippen molar-refractivity contribution in [3.63, 3.8) is 0 Å². The molecule has 0 bridgehead atoms. The zero-order valence-electron chi connectivity index (χ0n) is 11.2. The number of imidazole rings is 1. The van der Waals surface area contributed by atoms with E-state index < -0.39 is 0 Å². The first-order chi connectivity index (χ1) is 9.90. The molecule has 0 amide bonds. The van der Waals surface area contributed by atoms with Gasteiger partial charge in [0, 0.05) is 25.5 Å². The van der Waals surface area contributed by atoms with Crippen LogP contribution in [0.2, 0.25) is 0 Å². The van der Waals surface area contributed by atoms with E-state index in [0.29, 0.717) is 6.04 Å². The third-order valence-corrected chi connectivity index (χ3v) is 4.04. The smallest absolute Gasteiger partial charge is 0.203 e. The molecule has 3 heterocycles. The van der Waals surface area contributed by atoms with E-state index in [-0.39, 0.29) is 0 Å². The minimum Gasteiger partial charge on any atom is -0.342 e. The van der Waals surface area contributed by atoms with E-state index in [1.807, 2.05) is 30.5 Å². The number of aromatic nitrogens is 4. The third-order valence-electron chi connectivity index (χ3n) is 4.04. The second-order valence-corrected chi connectivity index (χ2v) is 5.28. The van der Waals surface area contributed by atoms with Crippen LogP contribution in [-0.2, 0) is 0 Å². The molecule has 1 fully saturated rings. The molecule has 3 aromatic rings. The minimum absolute atomic E-state index is 0.519. The van der Waals surface area contributed by atoms with Gasteiger partial charge in [0.15, 0.2) is 0 Å². The van der Waals surface area contributed by atoms with Crippen molar-refractivity contribution in [1.82, 2.24) is 19.7 Å². The van der Waals surface area contributed by atoms with Gasteiger partial charge in [-0.15, -0.1) is 0 Å². The number of aromatic amines is 1. The number of hydrogen-bond acceptors (Lipinski definition) is 3. The van der Waals surface area contributed by atoms with E-state index in [0.717, 1.165) is 42.9 Å². The lowest BCUT2D eigenvalue weighted by Crippen LogP contribution is -2.35. The summed E-state index contributed by atoms with van der Waals surface area (Å²) in [5, 5.41) is 4.35. The van der Waals surface area contributed by atoms with Crippen molar-refractivity contribution in [2.75, 3.05) is 18.0 Å². The van der Waals surface area contributed by atoms with Crippen LogP contribution in [0.1, 0.15) is 18.9 Å². The Labute approximate surface area is 117 Å². The Morgan fingerprint density at radius 3 is 2.70 bits per heavy atom. The SMILES string of the molecule is c1ccc2[nH]c(N3CCC(n4cccn4)CC3)nc2c1. The lowest BCUT2D eigenvalue weighted by Gasteiger charge is -2.31. The lowest BCUT2D eigenvalue weighted by atomic mass is 10.1. The van der Waals surface area contributed by atoms with E-state index in [4.69, 9.17) is 0 Å². The Kier molecular flexibility index (Phi) is 2.69. The molecule has 0 radical (unpaired) electrons. The Balaban J connectivity index is 1.51. The first kappa shape index (κ1) is 11.5. The largest absolute Gasteiger partial charge is 0.342 e. The van der Waals surface area contributed by atoms with Crippen LogP contribution in [0.25, 0.3) is 11.0 Å². The topological polar surface area (TPSA) is 49.7 Å². The van der Waals surface area contributed by atoms with Crippen molar-refractivity contribution in [2.24, 2.45) is 0 Å². The molecule has 0 saturated carbocycles. The zero-order valence-corrected chi connectivity index (χ0v) is 11.2. The van der Waals surface area contributed by atoms with Crippen molar-refractivity contribution < 1.29 is 0 Å². The van der Waals surface area contributed by atoms with Gasteiger partial charge in [0.2, 0.25) is 5.95 Å². The summed E-state index contributed by atoms with van der Waals surface area (Å²) in [6.07, 6.45) is 6.13. The van der Waals surface area contributed by atoms with Crippen LogP contribution < -0.4 is 4.90 Å². The van der Waals surface area contributed by atoms with E-state index in [2.05, 4.69) is 36.9 Å². The highest BCUT2D eigenvalue weighted by atomic mass is 15.3. The standard InChI is InChI=1S/C15H17N5/c1-2-5-14-13(4-1)17-15(18-14)19-10-6-12(7-11-19)20-9-3-8-16-20/h1-5,8-9,12H,6-7,10-11H2,(H,17,18). The maximum absolute atomic E-state index is 4.67. The summed E-state index contributed by atoms with van der Waals surface area (Å²) in [6, 6.07) is 10.7. The van der Waals surface area contributed by atoms with E-state index in [1.54, 1.807) is 0 Å². The van der Waals surface area contributed by atoms with Crippen molar-refractivity contribution >= 4 is 17.0 Å². The Morgan fingerprint density at radius 2 is 1.95 bits per heavy atom. The molecule has 0 aliphatic carbocycles. The summed E-state index contributed by atoms with van der Waals surface area (Å²) >= 11 is 0. The van der Waals surface area contributed by atoms with Crippen LogP contribution in [0.4, 0.5) is 5.95 Å². The van der Waals surface area contributed by atoms with Gasteiger partial charge < -0.3 is 9.88 Å². The van der Waals surface area contributed by atoms with Gasteiger partial charge in [-0.2, -0.15) is 5.10 Å². The molecule has 20 heavy (non-hydrogen) atoms. The fourth-order valence-corrected chi connectivity index (χ4v) is 2.93. The van der Waals surface area contributed by atoms with Gasteiger partial charge in [-0.1, -0.05) is 12.1 Å². The fourth-order valence-electron chi connectivity index (χ4n) is 2.93. The number of nitrogens with zero attached hydrogens (tertiary/aromatic N) is 4. The second kappa shape index (κ2) is 4.67. The molecule has 0 unspecified atom stereocenters. The number of anilines is 1. The molecule has 1 saturated heterocycles. The lowest BCUT2D eigenvalue weighted by molar-refractivity contribution is 0.365. The van der Waals surface area contributed by atoms with E-state index in [1.165, 1.54) is 0 Å². The van der Waals surface area contributed by atoms with Crippen molar-refractivity contribution in [3.05, 3.63) is 42.7 Å². The summed E-state index contributed by atoms with van der Waals surface area (Å²) in [5.41, 5.74) is 2.15. The average Bonchev–Trinajstić information content (AvgIpc) is 3.17. The molecule has 102 valence electrons. The average molecular weight is 267 g/mol. The summed E-state index contributed by atoms with van der Waals surface area (Å²) in [7, 11) is 0. The number of rotatable bonds is 2. The Bertz CT molecular complexity index is 659. The highest BCUT2D eigenvalue weighted by Gasteiger charge is 2.22. The number of nitrogens with one attached hydrogen (secondary N) is 1. The maximum Gasteiger partial charge on any atom is 0.203 e. The monoisotopic (exact) mass is 267 g/mol. The predicted octanol–water partition coefficient (Wildman–Crippen LogP) is 2.60. The molecular formula is C15H17N5. The summed E-state index contributed by atoms with van der Waals surface area (Å²) in [5.74, 6) is 0.991. The third kappa shape index (κ3) is 1.95. The molecule has 5 nitrogen and oxygen atoms in total. The number of para-hydroxylation sites is 2. The first-order valence-electron chi connectivity index (χ1n) is 7.09. The number of piperidine rings is 1.